The number of nitrogens with one attached hydrogen (secondary N) is 1. The molecule has 2 heterocycles. The molecular weight excluding hydrogens is 356 g/mol. The van der Waals surface area contributed by atoms with Gasteiger partial charge in [0.25, 0.3) is 0 Å². The van der Waals surface area contributed by atoms with Crippen molar-refractivity contribution >= 4 is 11.9 Å². The summed E-state index contributed by atoms with van der Waals surface area (Å²) in [6.45, 7) is 10.6. The van der Waals surface area contributed by atoms with Crippen molar-refractivity contribution in [2.45, 2.75) is 53.2 Å². The Kier molecular flexibility index (Phi) is 6.02. The zero-order valence-corrected chi connectivity index (χ0v) is 17.1. The molecule has 0 saturated carbocycles. The van der Waals surface area contributed by atoms with Crippen LogP contribution in [-0.4, -0.2) is 33.4 Å². The second kappa shape index (κ2) is 8.46. The van der Waals surface area contributed by atoms with Crippen LogP contribution in [0.2, 0.25) is 0 Å². The summed E-state index contributed by atoms with van der Waals surface area (Å²) in [6.07, 6.45) is 2.27. The highest BCUT2D eigenvalue weighted by molar-refractivity contribution is 5.92. The number of hydrogen-bond donors (Lipinski definition) is 1. The van der Waals surface area contributed by atoms with Gasteiger partial charge in [0.2, 0.25) is 5.95 Å². The quantitative estimate of drug-likeness (QED) is 0.729. The van der Waals surface area contributed by atoms with Crippen molar-refractivity contribution in [1.82, 2.24) is 14.8 Å². The first-order chi connectivity index (χ1) is 13.4. The van der Waals surface area contributed by atoms with E-state index in [1.807, 2.05) is 45.0 Å². The van der Waals surface area contributed by atoms with Gasteiger partial charge in [-0.1, -0.05) is 26.0 Å². The lowest BCUT2D eigenvalue weighted by Crippen LogP contribution is -2.30. The molecule has 1 aromatic carbocycles. The lowest BCUT2D eigenvalue weighted by molar-refractivity contribution is -0.143. The van der Waals surface area contributed by atoms with E-state index in [4.69, 9.17) is 9.47 Å². The van der Waals surface area contributed by atoms with Crippen LogP contribution in [0.15, 0.2) is 41.9 Å². The Labute approximate surface area is 165 Å². The van der Waals surface area contributed by atoms with Crippen molar-refractivity contribution in [3.8, 4) is 5.75 Å². The molecule has 7 nitrogen and oxygen atoms in total. The molecule has 3 rings (SSSR count). The van der Waals surface area contributed by atoms with E-state index < -0.39 is 6.04 Å². The number of allylic oxidation sites excluding steroid dienone is 1. The molecule has 1 N–H and O–H groups in total. The molecule has 1 aliphatic rings. The lowest BCUT2D eigenvalue weighted by atomic mass is 9.95. The summed E-state index contributed by atoms with van der Waals surface area (Å²) >= 11 is 0. The Bertz CT molecular complexity index is 853. The number of fused-ring (bicyclic) bond motifs is 1. The Morgan fingerprint density at radius 2 is 1.93 bits per heavy atom. The largest absolute Gasteiger partial charge is 0.494 e. The van der Waals surface area contributed by atoms with Gasteiger partial charge in [-0.25, -0.2) is 9.48 Å². The monoisotopic (exact) mass is 384 g/mol. The zero-order chi connectivity index (χ0) is 20.3. The molecule has 1 unspecified atom stereocenters. The average molecular weight is 384 g/mol. The SMILES string of the molecule is CC1=C(C(=O)OC(C)C)C(c2ccc(OCCC(C)C)cc2)n2ncnc2N1. The fraction of sp³-hybridized carbons (Fsp3) is 0.476. The molecule has 28 heavy (non-hydrogen) atoms. The molecule has 0 amide bonds. The number of carbonyl (C=O) groups is 1. The number of ether oxygens (including phenoxy) is 2. The summed E-state index contributed by atoms with van der Waals surface area (Å²) in [5.41, 5.74) is 2.16. The van der Waals surface area contributed by atoms with Crippen LogP contribution in [0.3, 0.4) is 0 Å². The maximum atomic E-state index is 12.8. The summed E-state index contributed by atoms with van der Waals surface area (Å²) in [6, 6.07) is 7.36. The Balaban J connectivity index is 1.89. The number of nitrogens with zero attached hydrogens (tertiary/aromatic N) is 3. The normalized spacial score (nSPS) is 16.2. The van der Waals surface area contributed by atoms with E-state index in [1.165, 1.54) is 6.33 Å². The minimum absolute atomic E-state index is 0.206. The minimum atomic E-state index is -0.408. The average Bonchev–Trinajstić information content (AvgIpc) is 3.08. The maximum absolute atomic E-state index is 12.8. The Morgan fingerprint density at radius 3 is 2.57 bits per heavy atom. The van der Waals surface area contributed by atoms with Crippen LogP contribution in [0.5, 0.6) is 5.75 Å². The first-order valence-electron chi connectivity index (χ1n) is 9.67. The van der Waals surface area contributed by atoms with Gasteiger partial charge in [-0.05, 0) is 50.8 Å². The van der Waals surface area contributed by atoms with Gasteiger partial charge in [0.1, 0.15) is 18.1 Å². The fourth-order valence-electron chi connectivity index (χ4n) is 3.10. The Morgan fingerprint density at radius 1 is 1.21 bits per heavy atom. The highest BCUT2D eigenvalue weighted by atomic mass is 16.5. The van der Waals surface area contributed by atoms with Gasteiger partial charge in [0.05, 0.1) is 18.3 Å². The van der Waals surface area contributed by atoms with Crippen molar-refractivity contribution in [2.75, 3.05) is 11.9 Å². The van der Waals surface area contributed by atoms with Crippen LogP contribution >= 0.6 is 0 Å². The van der Waals surface area contributed by atoms with E-state index in [0.717, 1.165) is 17.7 Å². The van der Waals surface area contributed by atoms with Crippen LogP contribution in [-0.2, 0) is 9.53 Å². The van der Waals surface area contributed by atoms with Crippen molar-refractivity contribution < 1.29 is 14.3 Å². The van der Waals surface area contributed by atoms with E-state index in [-0.39, 0.29) is 12.1 Å². The number of aromatic nitrogens is 3. The van der Waals surface area contributed by atoms with Gasteiger partial charge in [0, 0.05) is 5.70 Å². The molecule has 0 radical (unpaired) electrons. The first kappa shape index (κ1) is 19.9. The van der Waals surface area contributed by atoms with Crippen LogP contribution in [0.1, 0.15) is 52.6 Å². The molecule has 7 heteroatoms. The second-order valence-corrected chi connectivity index (χ2v) is 7.65. The van der Waals surface area contributed by atoms with Gasteiger partial charge < -0.3 is 14.8 Å². The smallest absolute Gasteiger partial charge is 0.338 e. The minimum Gasteiger partial charge on any atom is -0.494 e. The van der Waals surface area contributed by atoms with Crippen molar-refractivity contribution in [3.63, 3.8) is 0 Å². The van der Waals surface area contributed by atoms with Crippen LogP contribution < -0.4 is 10.1 Å². The standard InChI is InChI=1S/C21H28N4O3/c1-13(2)10-11-27-17-8-6-16(7-9-17)19-18(20(26)28-14(3)4)15(5)24-21-22-12-23-25(19)21/h6-9,12-14,19H,10-11H2,1-5H3,(H,22,23,24). The van der Waals surface area contributed by atoms with Crippen LogP contribution in [0.4, 0.5) is 5.95 Å². The Hall–Kier alpha value is -2.83. The van der Waals surface area contributed by atoms with Crippen molar-refractivity contribution in [1.29, 1.82) is 0 Å². The van der Waals surface area contributed by atoms with E-state index in [9.17, 15) is 4.79 Å². The van der Waals surface area contributed by atoms with E-state index in [1.54, 1.807) is 4.68 Å². The van der Waals surface area contributed by atoms with Gasteiger partial charge in [0.15, 0.2) is 0 Å². The van der Waals surface area contributed by atoms with Gasteiger partial charge >= 0.3 is 5.97 Å². The summed E-state index contributed by atoms with van der Waals surface area (Å²) in [7, 11) is 0. The molecule has 0 fully saturated rings. The third-order valence-electron chi connectivity index (χ3n) is 4.52. The number of esters is 1. The molecule has 1 aromatic heterocycles. The van der Waals surface area contributed by atoms with Crippen molar-refractivity contribution in [3.05, 3.63) is 47.4 Å². The van der Waals surface area contributed by atoms with Crippen LogP contribution in [0, 0.1) is 5.92 Å². The topological polar surface area (TPSA) is 78.3 Å². The fourth-order valence-corrected chi connectivity index (χ4v) is 3.10. The van der Waals surface area contributed by atoms with E-state index in [0.29, 0.717) is 29.7 Å². The van der Waals surface area contributed by atoms with E-state index >= 15 is 0 Å². The van der Waals surface area contributed by atoms with Gasteiger partial charge in [-0.2, -0.15) is 10.1 Å². The highest BCUT2D eigenvalue weighted by Crippen LogP contribution is 2.35. The molecule has 0 bridgehead atoms. The summed E-state index contributed by atoms with van der Waals surface area (Å²) in [5.74, 6) is 1.65. The van der Waals surface area contributed by atoms with E-state index in [2.05, 4.69) is 29.2 Å². The maximum Gasteiger partial charge on any atom is 0.338 e. The number of anilines is 1. The molecule has 0 spiro atoms. The second-order valence-electron chi connectivity index (χ2n) is 7.65. The zero-order valence-electron chi connectivity index (χ0n) is 17.1. The third-order valence-corrected chi connectivity index (χ3v) is 4.52. The van der Waals surface area contributed by atoms with Crippen LogP contribution in [0.25, 0.3) is 0 Å². The predicted octanol–water partition coefficient (Wildman–Crippen LogP) is 3.94. The number of benzene rings is 1. The first-order valence-corrected chi connectivity index (χ1v) is 9.67. The number of hydrogen-bond acceptors (Lipinski definition) is 6. The van der Waals surface area contributed by atoms with Crippen molar-refractivity contribution in [2.24, 2.45) is 5.92 Å². The number of carbonyl (C=O) groups excluding carboxylic acids is 1. The molecule has 0 aliphatic carbocycles. The molecule has 0 saturated heterocycles. The lowest BCUT2D eigenvalue weighted by Gasteiger charge is -2.28. The predicted molar refractivity (Wildman–Crippen MR) is 107 cm³/mol. The highest BCUT2D eigenvalue weighted by Gasteiger charge is 2.34. The van der Waals surface area contributed by atoms with Gasteiger partial charge in [-0.15, -0.1) is 0 Å². The third kappa shape index (κ3) is 4.35. The molecular formula is C21H28N4O3. The molecule has 2 aromatic rings. The van der Waals surface area contributed by atoms with Gasteiger partial charge in [-0.3, -0.25) is 0 Å². The summed E-state index contributed by atoms with van der Waals surface area (Å²) in [4.78, 5) is 17.0. The summed E-state index contributed by atoms with van der Waals surface area (Å²) in [5, 5.41) is 7.46. The number of rotatable bonds is 7. The molecule has 1 atom stereocenters. The molecule has 1 aliphatic heterocycles. The molecule has 150 valence electrons. The summed E-state index contributed by atoms with van der Waals surface area (Å²) < 4.78 is 13.0.